The third-order valence-electron chi connectivity index (χ3n) is 3.15. The number of rotatable bonds is 3. The lowest BCUT2D eigenvalue weighted by atomic mass is 10.2. The molecule has 0 amide bonds. The topological polar surface area (TPSA) is 29.9 Å². The molecular weight excluding hydrogens is 258 g/mol. The number of nitrogens with one attached hydrogen (secondary N) is 1. The van der Waals surface area contributed by atoms with Crippen molar-refractivity contribution in [2.75, 3.05) is 5.32 Å². The van der Waals surface area contributed by atoms with E-state index in [0.29, 0.717) is 5.15 Å². The zero-order valence-corrected chi connectivity index (χ0v) is 11.4. The lowest BCUT2D eigenvalue weighted by Crippen LogP contribution is -2.00. The number of hydrogen-bond donors (Lipinski definition) is 1. The maximum atomic E-state index is 5.87. The highest BCUT2D eigenvalue weighted by Crippen LogP contribution is 2.21. The second-order valence-corrected chi connectivity index (χ2v) is 4.87. The molecule has 0 saturated heterocycles. The van der Waals surface area contributed by atoms with E-state index < -0.39 is 0 Å². The fraction of sp³-hybridized carbons (Fsp3) is 0.133. The number of hydrogen-bond acceptors (Lipinski definition) is 2. The first kappa shape index (κ1) is 12.1. The van der Waals surface area contributed by atoms with Gasteiger partial charge in [-0.05, 0) is 23.8 Å². The van der Waals surface area contributed by atoms with Crippen LogP contribution in [0.3, 0.4) is 0 Å². The molecule has 2 heterocycles. The summed E-state index contributed by atoms with van der Waals surface area (Å²) in [5.74, 6) is 0.792. The van der Waals surface area contributed by atoms with E-state index in [2.05, 4.69) is 52.4 Å². The summed E-state index contributed by atoms with van der Waals surface area (Å²) in [6, 6.07) is 13.9. The highest BCUT2D eigenvalue weighted by Gasteiger charge is 2.05. The lowest BCUT2D eigenvalue weighted by molar-refractivity contribution is 0.954. The summed E-state index contributed by atoms with van der Waals surface area (Å²) < 4.78 is 2.14. The normalized spacial score (nSPS) is 10.8. The van der Waals surface area contributed by atoms with Crippen LogP contribution in [0.5, 0.6) is 0 Å². The third-order valence-corrected chi connectivity index (χ3v) is 3.37. The maximum absolute atomic E-state index is 5.87. The smallest absolute Gasteiger partial charge is 0.131 e. The summed E-state index contributed by atoms with van der Waals surface area (Å²) in [5.41, 5.74) is 2.48. The quantitative estimate of drug-likeness (QED) is 0.734. The number of benzene rings is 1. The molecule has 4 heteroatoms. The monoisotopic (exact) mass is 271 g/mol. The van der Waals surface area contributed by atoms with Crippen molar-refractivity contribution >= 4 is 28.3 Å². The van der Waals surface area contributed by atoms with E-state index in [0.717, 1.165) is 12.4 Å². The van der Waals surface area contributed by atoms with Gasteiger partial charge in [-0.15, -0.1) is 0 Å². The van der Waals surface area contributed by atoms with Crippen LogP contribution in [0.2, 0.25) is 5.15 Å². The predicted molar refractivity (Wildman–Crippen MR) is 79.5 cm³/mol. The molecular formula is C15H14ClN3. The number of aromatic nitrogens is 2. The fourth-order valence-corrected chi connectivity index (χ4v) is 2.42. The van der Waals surface area contributed by atoms with Gasteiger partial charge in [-0.3, -0.25) is 0 Å². The largest absolute Gasteiger partial charge is 0.366 e. The van der Waals surface area contributed by atoms with Gasteiger partial charge in [0.1, 0.15) is 11.0 Å². The average molecular weight is 272 g/mol. The first-order chi connectivity index (χ1) is 9.24. The molecule has 1 aromatic carbocycles. The van der Waals surface area contributed by atoms with Crippen molar-refractivity contribution < 1.29 is 0 Å². The van der Waals surface area contributed by atoms with E-state index in [-0.39, 0.29) is 0 Å². The highest BCUT2D eigenvalue weighted by molar-refractivity contribution is 6.29. The summed E-state index contributed by atoms with van der Waals surface area (Å²) in [6.07, 6.45) is 2.14. The molecule has 0 unspecified atom stereocenters. The molecule has 0 radical (unpaired) electrons. The van der Waals surface area contributed by atoms with Gasteiger partial charge in [0.25, 0.3) is 0 Å². The van der Waals surface area contributed by atoms with Crippen LogP contribution in [-0.2, 0) is 13.6 Å². The molecule has 19 heavy (non-hydrogen) atoms. The van der Waals surface area contributed by atoms with Gasteiger partial charge in [0, 0.05) is 30.7 Å². The van der Waals surface area contributed by atoms with E-state index in [1.165, 1.54) is 16.5 Å². The summed E-state index contributed by atoms with van der Waals surface area (Å²) in [7, 11) is 2.06. The van der Waals surface area contributed by atoms with Crippen molar-refractivity contribution in [2.45, 2.75) is 6.54 Å². The van der Waals surface area contributed by atoms with Crippen molar-refractivity contribution in [1.82, 2.24) is 9.55 Å². The minimum atomic E-state index is 0.503. The standard InChI is InChI=1S/C15H14ClN3/c1-19-10-11(12-5-2-3-6-13(12)19)9-17-15-8-4-7-14(16)18-15/h2-8,10H,9H2,1H3,(H,17,18). The number of fused-ring (bicyclic) bond motifs is 1. The third kappa shape index (κ3) is 2.42. The molecule has 2 aromatic heterocycles. The van der Waals surface area contributed by atoms with Crippen LogP contribution in [0, 0.1) is 0 Å². The second kappa shape index (κ2) is 4.94. The van der Waals surface area contributed by atoms with E-state index in [4.69, 9.17) is 11.6 Å². The zero-order chi connectivity index (χ0) is 13.2. The Kier molecular flexibility index (Phi) is 3.13. The second-order valence-electron chi connectivity index (χ2n) is 4.48. The first-order valence-corrected chi connectivity index (χ1v) is 6.51. The average Bonchev–Trinajstić information content (AvgIpc) is 2.74. The molecule has 0 spiro atoms. The van der Waals surface area contributed by atoms with Crippen LogP contribution in [0.1, 0.15) is 5.56 Å². The first-order valence-electron chi connectivity index (χ1n) is 6.13. The highest BCUT2D eigenvalue weighted by atomic mass is 35.5. The Balaban J connectivity index is 1.86. The summed E-state index contributed by atoms with van der Waals surface area (Å²) >= 11 is 5.87. The van der Waals surface area contributed by atoms with E-state index in [9.17, 15) is 0 Å². The minimum absolute atomic E-state index is 0.503. The molecule has 0 aliphatic heterocycles. The molecule has 3 aromatic rings. The Morgan fingerprint density at radius 1 is 1.16 bits per heavy atom. The number of aryl methyl sites for hydroxylation is 1. The predicted octanol–water partition coefficient (Wildman–Crippen LogP) is 3.84. The SMILES string of the molecule is Cn1cc(CNc2cccc(Cl)n2)c2ccccc21. The summed E-state index contributed by atoms with van der Waals surface area (Å²) in [5, 5.41) is 5.06. The number of para-hydroxylation sites is 1. The van der Waals surface area contributed by atoms with Gasteiger partial charge >= 0.3 is 0 Å². The van der Waals surface area contributed by atoms with Gasteiger partial charge in [0.05, 0.1) is 0 Å². The molecule has 3 rings (SSSR count). The molecule has 0 aliphatic rings. The van der Waals surface area contributed by atoms with Crippen LogP contribution in [-0.4, -0.2) is 9.55 Å². The van der Waals surface area contributed by atoms with Crippen molar-refractivity contribution in [1.29, 1.82) is 0 Å². The molecule has 0 saturated carbocycles. The molecule has 1 N–H and O–H groups in total. The molecule has 0 fully saturated rings. The number of halogens is 1. The Morgan fingerprint density at radius 2 is 2.00 bits per heavy atom. The van der Waals surface area contributed by atoms with Crippen LogP contribution in [0.15, 0.2) is 48.7 Å². The van der Waals surface area contributed by atoms with Crippen LogP contribution < -0.4 is 5.32 Å². The summed E-state index contributed by atoms with van der Waals surface area (Å²) in [4.78, 5) is 4.22. The maximum Gasteiger partial charge on any atom is 0.131 e. The van der Waals surface area contributed by atoms with Gasteiger partial charge < -0.3 is 9.88 Å². The Labute approximate surface area is 116 Å². The molecule has 0 atom stereocenters. The molecule has 0 aliphatic carbocycles. The van der Waals surface area contributed by atoms with Crippen LogP contribution in [0.25, 0.3) is 10.9 Å². The Morgan fingerprint density at radius 3 is 2.84 bits per heavy atom. The molecule has 3 nitrogen and oxygen atoms in total. The zero-order valence-electron chi connectivity index (χ0n) is 10.6. The Hall–Kier alpha value is -2.00. The van der Waals surface area contributed by atoms with Crippen LogP contribution >= 0.6 is 11.6 Å². The molecule has 96 valence electrons. The minimum Gasteiger partial charge on any atom is -0.366 e. The molecule has 0 bridgehead atoms. The number of nitrogens with zero attached hydrogens (tertiary/aromatic N) is 2. The fourth-order valence-electron chi connectivity index (χ4n) is 2.26. The Bertz CT molecular complexity index is 718. The number of pyridine rings is 1. The van der Waals surface area contributed by atoms with Crippen molar-refractivity contribution in [3.05, 3.63) is 59.4 Å². The lowest BCUT2D eigenvalue weighted by Gasteiger charge is -2.04. The van der Waals surface area contributed by atoms with Gasteiger partial charge in [0.2, 0.25) is 0 Å². The summed E-state index contributed by atoms with van der Waals surface area (Å²) in [6.45, 7) is 0.731. The van der Waals surface area contributed by atoms with Gasteiger partial charge in [-0.25, -0.2) is 4.98 Å². The van der Waals surface area contributed by atoms with Gasteiger partial charge in [-0.1, -0.05) is 35.9 Å². The van der Waals surface area contributed by atoms with Gasteiger partial charge in [0.15, 0.2) is 0 Å². The van der Waals surface area contributed by atoms with Gasteiger partial charge in [-0.2, -0.15) is 0 Å². The van der Waals surface area contributed by atoms with Crippen molar-refractivity contribution in [3.8, 4) is 0 Å². The van der Waals surface area contributed by atoms with Crippen molar-refractivity contribution in [3.63, 3.8) is 0 Å². The van der Waals surface area contributed by atoms with E-state index >= 15 is 0 Å². The number of anilines is 1. The van der Waals surface area contributed by atoms with E-state index in [1.807, 2.05) is 12.1 Å². The van der Waals surface area contributed by atoms with Crippen molar-refractivity contribution in [2.24, 2.45) is 7.05 Å². The van der Waals surface area contributed by atoms with E-state index in [1.54, 1.807) is 6.07 Å². The van der Waals surface area contributed by atoms with Crippen LogP contribution in [0.4, 0.5) is 5.82 Å².